The summed E-state index contributed by atoms with van der Waals surface area (Å²) in [6.45, 7) is 1.54. The fraction of sp³-hybridized carbons (Fsp3) is 0.300. The van der Waals surface area contributed by atoms with Gasteiger partial charge in [0.25, 0.3) is 17.2 Å². The first-order valence-corrected chi connectivity index (χ1v) is 5.27. The first-order chi connectivity index (χ1) is 8.86. The zero-order valence-electron chi connectivity index (χ0n) is 9.87. The summed E-state index contributed by atoms with van der Waals surface area (Å²) in [6.07, 6.45) is 0.974. The molecule has 0 saturated carbocycles. The number of aliphatic carboxylic acids is 1. The zero-order valence-corrected chi connectivity index (χ0v) is 9.87. The van der Waals surface area contributed by atoms with Crippen LogP contribution in [0.2, 0.25) is 0 Å². The van der Waals surface area contributed by atoms with Gasteiger partial charge in [0.2, 0.25) is 0 Å². The molecule has 0 aromatic carbocycles. The van der Waals surface area contributed by atoms with E-state index >= 15 is 0 Å². The largest absolute Gasteiger partial charge is 0.480 e. The first kappa shape index (κ1) is 14.4. The van der Waals surface area contributed by atoms with Crippen molar-refractivity contribution in [2.75, 3.05) is 0 Å². The number of amides is 1. The predicted molar refractivity (Wildman–Crippen MR) is 62.9 cm³/mol. The van der Waals surface area contributed by atoms with Gasteiger partial charge in [-0.2, -0.15) is 0 Å². The standard InChI is InChI=1S/C10H11N3O6/c1-2-7(10(16)17)12-9(15)6-3-5(13(18)19)4-11-8(6)14/h3-4,7H,2H2,1H3,(H,11,14)(H,12,15)(H,16,17)/t7-/m1/s1. The summed E-state index contributed by atoms with van der Waals surface area (Å²) in [4.78, 5) is 45.6. The monoisotopic (exact) mass is 269 g/mol. The minimum absolute atomic E-state index is 0.119. The van der Waals surface area contributed by atoms with E-state index in [2.05, 4.69) is 5.32 Å². The molecule has 1 aromatic rings. The highest BCUT2D eigenvalue weighted by atomic mass is 16.6. The van der Waals surface area contributed by atoms with E-state index in [0.29, 0.717) is 0 Å². The van der Waals surface area contributed by atoms with E-state index < -0.39 is 39.7 Å². The highest BCUT2D eigenvalue weighted by molar-refractivity contribution is 5.96. The molecule has 9 nitrogen and oxygen atoms in total. The van der Waals surface area contributed by atoms with Crippen molar-refractivity contribution in [1.29, 1.82) is 0 Å². The van der Waals surface area contributed by atoms with E-state index in [0.717, 1.165) is 12.3 Å². The van der Waals surface area contributed by atoms with E-state index in [4.69, 9.17) is 5.11 Å². The molecule has 0 aliphatic heterocycles. The van der Waals surface area contributed by atoms with Crippen LogP contribution in [0.3, 0.4) is 0 Å². The van der Waals surface area contributed by atoms with Crippen LogP contribution in [0.25, 0.3) is 0 Å². The number of H-pyrrole nitrogens is 1. The maximum atomic E-state index is 11.7. The third-order valence-electron chi connectivity index (χ3n) is 2.36. The molecule has 1 rings (SSSR count). The minimum atomic E-state index is -1.25. The number of nitrogens with one attached hydrogen (secondary N) is 2. The van der Waals surface area contributed by atoms with Crippen LogP contribution < -0.4 is 10.9 Å². The molecule has 1 aromatic heterocycles. The molecular formula is C10H11N3O6. The third-order valence-corrected chi connectivity index (χ3v) is 2.36. The van der Waals surface area contributed by atoms with Crippen LogP contribution >= 0.6 is 0 Å². The van der Waals surface area contributed by atoms with Gasteiger partial charge < -0.3 is 15.4 Å². The SMILES string of the molecule is CC[C@@H](NC(=O)c1cc([N+](=O)[O-])c[nH]c1=O)C(=O)O. The second-order valence-corrected chi connectivity index (χ2v) is 3.63. The fourth-order valence-electron chi connectivity index (χ4n) is 1.32. The lowest BCUT2D eigenvalue weighted by molar-refractivity contribution is -0.385. The molecular weight excluding hydrogens is 258 g/mol. The van der Waals surface area contributed by atoms with Gasteiger partial charge in [-0.3, -0.25) is 19.7 Å². The highest BCUT2D eigenvalue weighted by Gasteiger charge is 2.22. The van der Waals surface area contributed by atoms with Crippen LogP contribution in [0, 0.1) is 10.1 Å². The predicted octanol–water partition coefficient (Wildman–Crippen LogP) is -0.124. The Labute approximate surface area is 106 Å². The van der Waals surface area contributed by atoms with E-state index in [1.807, 2.05) is 4.98 Å². The summed E-state index contributed by atoms with van der Waals surface area (Å²) in [5.41, 5.74) is -1.80. The Morgan fingerprint density at radius 3 is 2.68 bits per heavy atom. The van der Waals surface area contributed by atoms with Crippen LogP contribution in [-0.2, 0) is 4.79 Å². The van der Waals surface area contributed by atoms with Crippen molar-refractivity contribution in [3.05, 3.63) is 38.3 Å². The number of pyridine rings is 1. The lowest BCUT2D eigenvalue weighted by Gasteiger charge is -2.11. The van der Waals surface area contributed by atoms with Gasteiger partial charge in [-0.15, -0.1) is 0 Å². The molecule has 0 fully saturated rings. The second kappa shape index (κ2) is 5.76. The van der Waals surface area contributed by atoms with Gasteiger partial charge in [0, 0.05) is 6.07 Å². The number of carbonyl (C=O) groups excluding carboxylic acids is 1. The van der Waals surface area contributed by atoms with Gasteiger partial charge in [-0.1, -0.05) is 6.92 Å². The van der Waals surface area contributed by atoms with Gasteiger partial charge in [0.05, 0.1) is 11.1 Å². The van der Waals surface area contributed by atoms with Crippen molar-refractivity contribution in [3.63, 3.8) is 0 Å². The fourth-order valence-corrected chi connectivity index (χ4v) is 1.32. The Morgan fingerprint density at radius 2 is 2.21 bits per heavy atom. The molecule has 0 aliphatic rings. The molecule has 0 aliphatic carbocycles. The van der Waals surface area contributed by atoms with Crippen LogP contribution in [-0.4, -0.2) is 32.9 Å². The van der Waals surface area contributed by atoms with Crippen LogP contribution in [0.15, 0.2) is 17.1 Å². The summed E-state index contributed by atoms with van der Waals surface area (Å²) < 4.78 is 0. The molecule has 1 amide bonds. The molecule has 0 bridgehead atoms. The van der Waals surface area contributed by atoms with Gasteiger partial charge in [0.1, 0.15) is 11.6 Å². The maximum Gasteiger partial charge on any atom is 0.326 e. The number of hydrogen-bond donors (Lipinski definition) is 3. The lowest BCUT2D eigenvalue weighted by atomic mass is 10.2. The molecule has 0 saturated heterocycles. The Balaban J connectivity index is 3.05. The molecule has 0 radical (unpaired) electrons. The van der Waals surface area contributed by atoms with Crippen LogP contribution in [0.1, 0.15) is 23.7 Å². The first-order valence-electron chi connectivity index (χ1n) is 5.27. The number of rotatable bonds is 5. The molecule has 0 unspecified atom stereocenters. The van der Waals surface area contributed by atoms with Crippen molar-refractivity contribution in [3.8, 4) is 0 Å². The van der Waals surface area contributed by atoms with Crippen molar-refractivity contribution >= 4 is 17.6 Å². The number of hydrogen-bond acceptors (Lipinski definition) is 5. The summed E-state index contributed by atoms with van der Waals surface area (Å²) in [7, 11) is 0. The molecule has 9 heteroatoms. The second-order valence-electron chi connectivity index (χ2n) is 3.63. The quantitative estimate of drug-likeness (QED) is 0.502. The maximum absolute atomic E-state index is 11.7. The number of nitro groups is 1. The number of carbonyl (C=O) groups is 2. The smallest absolute Gasteiger partial charge is 0.326 e. The highest BCUT2D eigenvalue weighted by Crippen LogP contribution is 2.08. The Bertz CT molecular complexity index is 579. The summed E-state index contributed by atoms with van der Waals surface area (Å²) >= 11 is 0. The van der Waals surface area contributed by atoms with Gasteiger partial charge >= 0.3 is 5.97 Å². The minimum Gasteiger partial charge on any atom is -0.480 e. The molecule has 0 spiro atoms. The number of aromatic nitrogens is 1. The summed E-state index contributed by atoms with van der Waals surface area (Å²) in [6, 6.07) is -0.367. The Morgan fingerprint density at radius 1 is 1.58 bits per heavy atom. The number of carboxylic acid groups (broad SMARTS) is 1. The number of nitrogens with zero attached hydrogens (tertiary/aromatic N) is 1. The van der Waals surface area contributed by atoms with Crippen molar-refractivity contribution in [2.24, 2.45) is 0 Å². The van der Waals surface area contributed by atoms with Crippen molar-refractivity contribution in [1.82, 2.24) is 10.3 Å². The summed E-state index contributed by atoms with van der Waals surface area (Å²) in [5.74, 6) is -2.23. The van der Waals surface area contributed by atoms with Gasteiger partial charge in [-0.25, -0.2) is 4.79 Å². The Kier molecular flexibility index (Phi) is 4.35. The Hall–Kier alpha value is -2.71. The average molecular weight is 269 g/mol. The van der Waals surface area contributed by atoms with Crippen molar-refractivity contribution < 1.29 is 19.6 Å². The average Bonchev–Trinajstić information content (AvgIpc) is 2.35. The van der Waals surface area contributed by atoms with E-state index in [1.165, 1.54) is 6.92 Å². The topological polar surface area (TPSA) is 142 Å². The van der Waals surface area contributed by atoms with Crippen LogP contribution in [0.5, 0.6) is 0 Å². The normalized spacial score (nSPS) is 11.6. The van der Waals surface area contributed by atoms with Crippen molar-refractivity contribution in [2.45, 2.75) is 19.4 Å². The lowest BCUT2D eigenvalue weighted by Crippen LogP contribution is -2.42. The summed E-state index contributed by atoms with van der Waals surface area (Å²) in [5, 5.41) is 21.4. The molecule has 19 heavy (non-hydrogen) atoms. The van der Waals surface area contributed by atoms with E-state index in [9.17, 15) is 24.5 Å². The number of carboxylic acids is 1. The number of aromatic amines is 1. The molecule has 1 heterocycles. The van der Waals surface area contributed by atoms with E-state index in [-0.39, 0.29) is 6.42 Å². The van der Waals surface area contributed by atoms with E-state index in [1.54, 1.807) is 0 Å². The molecule has 3 N–H and O–H groups in total. The third kappa shape index (κ3) is 3.37. The molecule has 102 valence electrons. The molecule has 1 atom stereocenters. The van der Waals surface area contributed by atoms with Gasteiger partial charge in [-0.05, 0) is 6.42 Å². The van der Waals surface area contributed by atoms with Crippen LogP contribution in [0.4, 0.5) is 5.69 Å². The van der Waals surface area contributed by atoms with Gasteiger partial charge in [0.15, 0.2) is 0 Å². The zero-order chi connectivity index (χ0) is 14.6.